The Morgan fingerprint density at radius 3 is 2.79 bits per heavy atom. The maximum absolute atomic E-state index is 5.74. The van der Waals surface area contributed by atoms with Gasteiger partial charge in [0.05, 0.1) is 12.3 Å². The Balaban J connectivity index is 1.26. The SMILES string of the molecule is C(#Cc1ccc(Cc2nccc3ccccc23)cc1)CCCOC1CCCCO1. The summed E-state index contributed by atoms with van der Waals surface area (Å²) in [6.45, 7) is 1.55. The number of hydrogen-bond donors (Lipinski definition) is 0. The minimum absolute atomic E-state index is 0.000443. The number of hydrogen-bond acceptors (Lipinski definition) is 3. The van der Waals surface area contributed by atoms with Gasteiger partial charge in [0.1, 0.15) is 0 Å². The molecule has 1 aromatic heterocycles. The number of ether oxygens (including phenoxy) is 2. The van der Waals surface area contributed by atoms with Crippen molar-refractivity contribution >= 4 is 10.8 Å². The summed E-state index contributed by atoms with van der Waals surface area (Å²) in [5, 5.41) is 2.46. The monoisotopic (exact) mass is 385 g/mol. The fraction of sp³-hybridized carbons (Fsp3) is 0.346. The zero-order valence-electron chi connectivity index (χ0n) is 16.8. The molecule has 0 amide bonds. The van der Waals surface area contributed by atoms with Crippen LogP contribution in [-0.4, -0.2) is 24.5 Å². The van der Waals surface area contributed by atoms with Gasteiger partial charge in [-0.3, -0.25) is 4.98 Å². The lowest BCUT2D eigenvalue weighted by Crippen LogP contribution is -2.22. The molecule has 1 unspecified atom stereocenters. The van der Waals surface area contributed by atoms with Crippen LogP contribution in [0.3, 0.4) is 0 Å². The molecule has 0 aliphatic carbocycles. The van der Waals surface area contributed by atoms with E-state index >= 15 is 0 Å². The van der Waals surface area contributed by atoms with E-state index in [2.05, 4.69) is 71.4 Å². The van der Waals surface area contributed by atoms with Crippen molar-refractivity contribution in [3.05, 3.63) is 77.6 Å². The van der Waals surface area contributed by atoms with Gasteiger partial charge in [-0.2, -0.15) is 0 Å². The van der Waals surface area contributed by atoms with E-state index in [1.54, 1.807) is 0 Å². The van der Waals surface area contributed by atoms with Crippen LogP contribution in [0.1, 0.15) is 48.9 Å². The molecule has 29 heavy (non-hydrogen) atoms. The van der Waals surface area contributed by atoms with E-state index in [-0.39, 0.29) is 6.29 Å². The van der Waals surface area contributed by atoms with Crippen LogP contribution >= 0.6 is 0 Å². The van der Waals surface area contributed by atoms with Gasteiger partial charge in [-0.25, -0.2) is 0 Å². The van der Waals surface area contributed by atoms with Gasteiger partial charge in [0.15, 0.2) is 6.29 Å². The van der Waals surface area contributed by atoms with Crippen molar-refractivity contribution in [3.8, 4) is 11.8 Å². The number of nitrogens with zero attached hydrogens (tertiary/aromatic N) is 1. The predicted octanol–water partition coefficient (Wildman–Crippen LogP) is 5.50. The lowest BCUT2D eigenvalue weighted by Gasteiger charge is -2.22. The van der Waals surface area contributed by atoms with Crippen molar-refractivity contribution in [2.75, 3.05) is 13.2 Å². The van der Waals surface area contributed by atoms with Gasteiger partial charge < -0.3 is 9.47 Å². The summed E-state index contributed by atoms with van der Waals surface area (Å²) in [4.78, 5) is 4.59. The second kappa shape index (κ2) is 10.2. The molecule has 3 aromatic rings. The molecule has 2 aromatic carbocycles. The first-order valence-corrected chi connectivity index (χ1v) is 10.5. The average molecular weight is 386 g/mol. The predicted molar refractivity (Wildman–Crippen MR) is 117 cm³/mol. The Labute approximate surface area is 173 Å². The number of fused-ring (bicyclic) bond motifs is 1. The molecule has 0 radical (unpaired) electrons. The summed E-state index contributed by atoms with van der Waals surface area (Å²) in [7, 11) is 0. The standard InChI is InChI=1S/C26H27NO2/c1(6-18-28-26-11-5-7-19-29-26)2-8-21-12-14-22(15-13-21)20-25-24-10-4-3-9-23(24)16-17-27-25/h3-4,9-10,12-17,26H,1,5-7,11,18-20H2. The zero-order chi connectivity index (χ0) is 19.7. The lowest BCUT2D eigenvalue weighted by molar-refractivity contribution is -0.162. The van der Waals surface area contributed by atoms with E-state index in [9.17, 15) is 0 Å². The number of pyridine rings is 1. The van der Waals surface area contributed by atoms with Crippen molar-refractivity contribution < 1.29 is 9.47 Å². The maximum atomic E-state index is 5.74. The van der Waals surface area contributed by atoms with Gasteiger partial charge in [-0.05, 0) is 54.8 Å². The number of unbranched alkanes of at least 4 members (excludes halogenated alkanes) is 1. The molecule has 0 saturated carbocycles. The molecular weight excluding hydrogens is 358 g/mol. The fourth-order valence-corrected chi connectivity index (χ4v) is 3.60. The third kappa shape index (κ3) is 5.67. The summed E-state index contributed by atoms with van der Waals surface area (Å²) in [6, 6.07) is 19.0. The van der Waals surface area contributed by atoms with Gasteiger partial charge in [0.2, 0.25) is 0 Å². The molecule has 3 nitrogen and oxygen atoms in total. The second-order valence-electron chi connectivity index (χ2n) is 7.42. The Hall–Kier alpha value is -2.67. The van der Waals surface area contributed by atoms with Gasteiger partial charge in [-0.15, -0.1) is 0 Å². The normalized spacial score (nSPS) is 16.3. The minimum atomic E-state index is 0.000443. The highest BCUT2D eigenvalue weighted by molar-refractivity contribution is 5.84. The van der Waals surface area contributed by atoms with Gasteiger partial charge in [-0.1, -0.05) is 48.2 Å². The summed E-state index contributed by atoms with van der Waals surface area (Å²) < 4.78 is 11.3. The number of rotatable bonds is 6. The van der Waals surface area contributed by atoms with E-state index in [0.29, 0.717) is 0 Å². The van der Waals surface area contributed by atoms with Crippen molar-refractivity contribution in [1.29, 1.82) is 0 Å². The van der Waals surface area contributed by atoms with Crippen molar-refractivity contribution in [3.63, 3.8) is 0 Å². The van der Waals surface area contributed by atoms with Crippen molar-refractivity contribution in [2.45, 2.75) is 44.8 Å². The molecule has 1 fully saturated rings. The summed E-state index contributed by atoms with van der Waals surface area (Å²) in [5.74, 6) is 6.50. The van der Waals surface area contributed by atoms with Gasteiger partial charge in [0.25, 0.3) is 0 Å². The molecular formula is C26H27NO2. The minimum Gasteiger partial charge on any atom is -0.353 e. The third-order valence-electron chi connectivity index (χ3n) is 5.20. The van der Waals surface area contributed by atoms with Crippen LogP contribution in [0.4, 0.5) is 0 Å². The fourth-order valence-electron chi connectivity index (χ4n) is 3.60. The van der Waals surface area contributed by atoms with Gasteiger partial charge >= 0.3 is 0 Å². The van der Waals surface area contributed by atoms with Crippen molar-refractivity contribution in [1.82, 2.24) is 4.98 Å². The largest absolute Gasteiger partial charge is 0.353 e. The van der Waals surface area contributed by atoms with Crippen LogP contribution in [0.25, 0.3) is 10.8 Å². The van der Waals surface area contributed by atoms with Crippen LogP contribution in [0.5, 0.6) is 0 Å². The summed E-state index contributed by atoms with van der Waals surface area (Å²) in [6.07, 6.45) is 7.88. The Morgan fingerprint density at radius 2 is 1.93 bits per heavy atom. The molecule has 148 valence electrons. The summed E-state index contributed by atoms with van der Waals surface area (Å²) in [5.41, 5.74) is 3.42. The van der Waals surface area contributed by atoms with E-state index in [4.69, 9.17) is 9.47 Å². The quantitative estimate of drug-likeness (QED) is 0.415. The Morgan fingerprint density at radius 1 is 1.03 bits per heavy atom. The molecule has 0 bridgehead atoms. The topological polar surface area (TPSA) is 31.4 Å². The molecule has 3 heteroatoms. The van der Waals surface area contributed by atoms with Crippen LogP contribution in [0, 0.1) is 11.8 Å². The van der Waals surface area contributed by atoms with Crippen LogP contribution < -0.4 is 0 Å². The molecule has 0 spiro atoms. The Bertz CT molecular complexity index is 974. The van der Waals surface area contributed by atoms with E-state index < -0.39 is 0 Å². The highest BCUT2D eigenvalue weighted by Crippen LogP contribution is 2.19. The first-order chi connectivity index (χ1) is 14.4. The van der Waals surface area contributed by atoms with Crippen LogP contribution in [-0.2, 0) is 15.9 Å². The molecule has 1 saturated heterocycles. The number of aromatic nitrogens is 1. The van der Waals surface area contributed by atoms with Crippen LogP contribution in [0.15, 0.2) is 60.8 Å². The van der Waals surface area contributed by atoms with E-state index in [1.807, 2.05) is 6.20 Å². The molecule has 1 aliphatic rings. The van der Waals surface area contributed by atoms with Crippen LogP contribution in [0.2, 0.25) is 0 Å². The Kier molecular flexibility index (Phi) is 6.91. The smallest absolute Gasteiger partial charge is 0.157 e. The lowest BCUT2D eigenvalue weighted by atomic mass is 10.0. The van der Waals surface area contributed by atoms with E-state index in [0.717, 1.165) is 56.6 Å². The average Bonchev–Trinajstić information content (AvgIpc) is 2.78. The highest BCUT2D eigenvalue weighted by Gasteiger charge is 2.13. The molecule has 2 heterocycles. The molecule has 4 rings (SSSR count). The maximum Gasteiger partial charge on any atom is 0.157 e. The van der Waals surface area contributed by atoms with Crippen molar-refractivity contribution in [2.24, 2.45) is 0 Å². The zero-order valence-corrected chi connectivity index (χ0v) is 16.8. The summed E-state index contributed by atoms with van der Waals surface area (Å²) >= 11 is 0. The van der Waals surface area contributed by atoms with Gasteiger partial charge in [0, 0.05) is 36.6 Å². The number of benzene rings is 2. The first kappa shape index (κ1) is 19.6. The first-order valence-electron chi connectivity index (χ1n) is 10.5. The van der Waals surface area contributed by atoms with E-state index in [1.165, 1.54) is 22.8 Å². The second-order valence-corrected chi connectivity index (χ2v) is 7.42. The molecule has 1 atom stereocenters. The highest BCUT2D eigenvalue weighted by atomic mass is 16.7. The molecule has 1 aliphatic heterocycles. The molecule has 0 N–H and O–H groups in total. The third-order valence-corrected chi connectivity index (χ3v) is 5.20.